The molecule has 0 saturated heterocycles. The minimum atomic E-state index is -0.251. The van der Waals surface area contributed by atoms with E-state index in [2.05, 4.69) is 11.4 Å². The van der Waals surface area contributed by atoms with Crippen LogP contribution < -0.4 is 5.32 Å². The number of nitriles is 1. The molecule has 0 fully saturated rings. The summed E-state index contributed by atoms with van der Waals surface area (Å²) in [5.74, 6) is -0.251. The van der Waals surface area contributed by atoms with Crippen molar-refractivity contribution < 1.29 is 9.53 Å². The van der Waals surface area contributed by atoms with Gasteiger partial charge in [0.2, 0.25) is 5.91 Å². The van der Waals surface area contributed by atoms with Crippen LogP contribution in [0.5, 0.6) is 0 Å². The van der Waals surface area contributed by atoms with Crippen LogP contribution in [0.4, 0.5) is 0 Å². The average Bonchev–Trinajstić information content (AvgIpc) is 2.36. The Kier molecular flexibility index (Phi) is 3.73. The van der Waals surface area contributed by atoms with Gasteiger partial charge in [-0.3, -0.25) is 4.79 Å². The van der Waals surface area contributed by atoms with Crippen molar-refractivity contribution in [3.05, 3.63) is 35.4 Å². The first kappa shape index (κ1) is 11.6. The Bertz CT molecular complexity index is 451. The first-order chi connectivity index (χ1) is 8.31. The number of hydrogen-bond donors (Lipinski definition) is 1. The van der Waals surface area contributed by atoms with Gasteiger partial charge in [-0.1, -0.05) is 24.3 Å². The molecule has 4 nitrogen and oxygen atoms in total. The molecule has 1 aliphatic rings. The highest BCUT2D eigenvalue weighted by Gasteiger charge is 2.20. The number of fused-ring (bicyclic) bond motifs is 1. The van der Waals surface area contributed by atoms with E-state index in [-0.39, 0.29) is 18.4 Å². The van der Waals surface area contributed by atoms with Gasteiger partial charge in [-0.05, 0) is 17.5 Å². The van der Waals surface area contributed by atoms with Crippen LogP contribution in [0.15, 0.2) is 24.3 Å². The number of carbonyl (C=O) groups excluding carboxylic acids is 1. The SMILES string of the molecule is N#CCC(=O)NCC1OCCc2ccccc21. The topological polar surface area (TPSA) is 62.1 Å². The van der Waals surface area contributed by atoms with E-state index in [0.717, 1.165) is 12.0 Å². The number of nitrogens with one attached hydrogen (secondary N) is 1. The summed E-state index contributed by atoms with van der Waals surface area (Å²) in [5, 5.41) is 11.1. The second-order valence-electron chi connectivity index (χ2n) is 3.95. The lowest BCUT2D eigenvalue weighted by Gasteiger charge is -2.26. The fraction of sp³-hybridized carbons (Fsp3) is 0.385. The lowest BCUT2D eigenvalue weighted by molar-refractivity contribution is -0.120. The van der Waals surface area contributed by atoms with Crippen LogP contribution in [0.25, 0.3) is 0 Å². The van der Waals surface area contributed by atoms with Crippen molar-refractivity contribution in [1.29, 1.82) is 5.26 Å². The molecule has 1 N–H and O–H groups in total. The highest BCUT2D eigenvalue weighted by molar-refractivity contribution is 5.77. The van der Waals surface area contributed by atoms with Crippen LogP contribution in [0.3, 0.4) is 0 Å². The van der Waals surface area contributed by atoms with Crippen molar-refractivity contribution >= 4 is 5.91 Å². The summed E-state index contributed by atoms with van der Waals surface area (Å²) < 4.78 is 5.64. The zero-order valence-corrected chi connectivity index (χ0v) is 9.48. The van der Waals surface area contributed by atoms with Gasteiger partial charge in [0.05, 0.1) is 12.7 Å². The van der Waals surface area contributed by atoms with Crippen molar-refractivity contribution in [2.75, 3.05) is 13.2 Å². The highest BCUT2D eigenvalue weighted by Crippen LogP contribution is 2.26. The van der Waals surface area contributed by atoms with Crippen molar-refractivity contribution in [2.24, 2.45) is 0 Å². The molecule has 0 saturated carbocycles. The fourth-order valence-corrected chi connectivity index (χ4v) is 1.99. The van der Waals surface area contributed by atoms with Gasteiger partial charge in [0.1, 0.15) is 12.5 Å². The lowest BCUT2D eigenvalue weighted by Crippen LogP contribution is -2.31. The van der Waals surface area contributed by atoms with Crippen LogP contribution in [0.1, 0.15) is 23.7 Å². The second-order valence-corrected chi connectivity index (χ2v) is 3.95. The minimum absolute atomic E-state index is 0.0948. The molecule has 0 spiro atoms. The van der Waals surface area contributed by atoms with Crippen molar-refractivity contribution in [2.45, 2.75) is 18.9 Å². The Hall–Kier alpha value is -1.86. The summed E-state index contributed by atoms with van der Waals surface area (Å²) in [6.45, 7) is 1.10. The number of amides is 1. The molecule has 0 aliphatic carbocycles. The lowest BCUT2D eigenvalue weighted by atomic mass is 9.97. The Balaban J connectivity index is 1.99. The van der Waals surface area contributed by atoms with Gasteiger partial charge in [0.15, 0.2) is 0 Å². The summed E-state index contributed by atoms with van der Waals surface area (Å²) in [5.41, 5.74) is 2.41. The Labute approximate surface area is 100 Å². The standard InChI is InChI=1S/C13H14N2O2/c14-7-5-13(16)15-9-12-11-4-2-1-3-10(11)6-8-17-12/h1-4,12H,5-6,8-9H2,(H,15,16). The third-order valence-corrected chi connectivity index (χ3v) is 2.82. The maximum atomic E-state index is 11.2. The number of rotatable bonds is 3. The van der Waals surface area contributed by atoms with Gasteiger partial charge in [0, 0.05) is 6.54 Å². The molecule has 88 valence electrons. The molecule has 17 heavy (non-hydrogen) atoms. The van der Waals surface area contributed by atoms with Crippen LogP contribution in [-0.2, 0) is 16.0 Å². The number of ether oxygens (including phenoxy) is 1. The summed E-state index contributed by atoms with van der Waals surface area (Å²) in [6, 6.07) is 9.91. The molecule has 1 aromatic rings. The Morgan fingerprint density at radius 1 is 1.53 bits per heavy atom. The monoisotopic (exact) mass is 230 g/mol. The van der Waals surface area contributed by atoms with Gasteiger partial charge >= 0.3 is 0 Å². The van der Waals surface area contributed by atoms with Crippen molar-refractivity contribution in [3.8, 4) is 6.07 Å². The molecular weight excluding hydrogens is 216 g/mol. The minimum Gasteiger partial charge on any atom is -0.371 e. The van der Waals surface area contributed by atoms with E-state index in [0.29, 0.717) is 13.2 Å². The quantitative estimate of drug-likeness (QED) is 0.852. The molecule has 0 bridgehead atoms. The van der Waals surface area contributed by atoms with Crippen LogP contribution >= 0.6 is 0 Å². The molecule has 0 radical (unpaired) electrons. The van der Waals surface area contributed by atoms with E-state index in [4.69, 9.17) is 10.00 Å². The second kappa shape index (κ2) is 5.46. The Morgan fingerprint density at radius 3 is 3.18 bits per heavy atom. The first-order valence-electron chi connectivity index (χ1n) is 5.64. The van der Waals surface area contributed by atoms with Gasteiger partial charge in [-0.25, -0.2) is 0 Å². The molecule has 1 amide bonds. The van der Waals surface area contributed by atoms with E-state index in [9.17, 15) is 4.79 Å². The predicted octanol–water partition coefficient (Wildman–Crippen LogP) is 1.33. The predicted molar refractivity (Wildman–Crippen MR) is 62.1 cm³/mol. The summed E-state index contributed by atoms with van der Waals surface area (Å²) in [4.78, 5) is 11.2. The van der Waals surface area contributed by atoms with Crippen LogP contribution in [0, 0.1) is 11.3 Å². The van der Waals surface area contributed by atoms with E-state index in [1.807, 2.05) is 24.3 Å². The van der Waals surface area contributed by atoms with Crippen molar-refractivity contribution in [1.82, 2.24) is 5.32 Å². The summed E-state index contributed by atoms with van der Waals surface area (Å²) in [6.07, 6.45) is 0.718. The molecular formula is C13H14N2O2. The van der Waals surface area contributed by atoms with Crippen molar-refractivity contribution in [3.63, 3.8) is 0 Å². The molecule has 1 atom stereocenters. The number of hydrogen-bond acceptors (Lipinski definition) is 3. The normalized spacial score (nSPS) is 17.9. The fourth-order valence-electron chi connectivity index (χ4n) is 1.99. The molecule has 4 heteroatoms. The van der Waals surface area contributed by atoms with Gasteiger partial charge in [-0.15, -0.1) is 0 Å². The third-order valence-electron chi connectivity index (χ3n) is 2.82. The molecule has 2 rings (SSSR count). The summed E-state index contributed by atoms with van der Waals surface area (Å²) in [7, 11) is 0. The van der Waals surface area contributed by atoms with Crippen LogP contribution in [0.2, 0.25) is 0 Å². The number of carbonyl (C=O) groups is 1. The smallest absolute Gasteiger partial charge is 0.234 e. The number of nitrogens with zero attached hydrogens (tertiary/aromatic N) is 1. The molecule has 1 aliphatic heterocycles. The summed E-state index contributed by atoms with van der Waals surface area (Å²) >= 11 is 0. The zero-order chi connectivity index (χ0) is 12.1. The molecule has 1 unspecified atom stereocenters. The number of benzene rings is 1. The van der Waals surface area contributed by atoms with E-state index < -0.39 is 0 Å². The van der Waals surface area contributed by atoms with E-state index in [1.54, 1.807) is 0 Å². The highest BCUT2D eigenvalue weighted by atomic mass is 16.5. The average molecular weight is 230 g/mol. The molecule has 0 aromatic heterocycles. The first-order valence-corrected chi connectivity index (χ1v) is 5.64. The maximum Gasteiger partial charge on any atom is 0.234 e. The van der Waals surface area contributed by atoms with Gasteiger partial charge < -0.3 is 10.1 Å². The third kappa shape index (κ3) is 2.83. The molecule has 1 aromatic carbocycles. The maximum absolute atomic E-state index is 11.2. The zero-order valence-electron chi connectivity index (χ0n) is 9.48. The molecule has 1 heterocycles. The Morgan fingerprint density at radius 2 is 2.35 bits per heavy atom. The van der Waals surface area contributed by atoms with Crippen LogP contribution in [-0.4, -0.2) is 19.1 Å². The van der Waals surface area contributed by atoms with Gasteiger partial charge in [-0.2, -0.15) is 5.26 Å². The van der Waals surface area contributed by atoms with E-state index >= 15 is 0 Å². The van der Waals surface area contributed by atoms with E-state index in [1.165, 1.54) is 5.56 Å². The van der Waals surface area contributed by atoms with Gasteiger partial charge in [0.25, 0.3) is 0 Å². The largest absolute Gasteiger partial charge is 0.371 e.